The van der Waals surface area contributed by atoms with Crippen LogP contribution in [0.15, 0.2) is 0 Å². The minimum atomic E-state index is 0. The molecule has 1 atom stereocenters. The first kappa shape index (κ1) is 9.21. The van der Waals surface area contributed by atoms with Gasteiger partial charge in [0.25, 0.3) is 0 Å². The average Bonchev–Trinajstić information content (AvgIpc) is 1.90. The number of hydrogen-bond donors (Lipinski definition) is 2. The van der Waals surface area contributed by atoms with E-state index in [4.69, 9.17) is 5.11 Å². The predicted octanol–water partition coefficient (Wildman–Crippen LogP) is 0.400. The van der Waals surface area contributed by atoms with Crippen LogP contribution in [-0.2, 0) is 0 Å². The molecule has 9 heavy (non-hydrogen) atoms. The van der Waals surface area contributed by atoms with Crippen LogP contribution in [-0.4, -0.2) is 24.8 Å². The zero-order valence-electron chi connectivity index (χ0n) is 5.47. The molecule has 56 valence electrons. The summed E-state index contributed by atoms with van der Waals surface area (Å²) in [6.45, 7) is 2.50. The fraction of sp³-hybridized carbons (Fsp3) is 1.00. The summed E-state index contributed by atoms with van der Waals surface area (Å²) in [5, 5.41) is 11.9. The van der Waals surface area contributed by atoms with E-state index in [0.717, 1.165) is 13.1 Å². The molecule has 2 N–H and O–H groups in total. The zero-order valence-corrected chi connectivity index (χ0v) is 6.28. The lowest BCUT2D eigenvalue weighted by molar-refractivity contribution is 0.199. The van der Waals surface area contributed by atoms with E-state index in [1.807, 2.05) is 0 Å². The van der Waals surface area contributed by atoms with Gasteiger partial charge in [0.2, 0.25) is 0 Å². The molecule has 0 aliphatic carbocycles. The molecule has 1 aliphatic heterocycles. The molecule has 1 aliphatic rings. The van der Waals surface area contributed by atoms with Crippen molar-refractivity contribution < 1.29 is 5.11 Å². The summed E-state index contributed by atoms with van der Waals surface area (Å²) < 4.78 is 0. The van der Waals surface area contributed by atoms with Gasteiger partial charge in [-0.15, -0.1) is 12.4 Å². The lowest BCUT2D eigenvalue weighted by Crippen LogP contribution is -2.31. The lowest BCUT2D eigenvalue weighted by atomic mass is 10.0. The van der Waals surface area contributed by atoms with Gasteiger partial charge in [-0.05, 0) is 25.3 Å². The second-order valence-corrected chi connectivity index (χ2v) is 2.39. The number of hydrogen-bond acceptors (Lipinski definition) is 2. The molecule has 1 saturated heterocycles. The molecule has 0 saturated carbocycles. The van der Waals surface area contributed by atoms with Gasteiger partial charge < -0.3 is 10.4 Å². The van der Waals surface area contributed by atoms with Crippen LogP contribution in [0.25, 0.3) is 0 Å². The molecule has 0 aromatic rings. The number of rotatable bonds is 1. The Morgan fingerprint density at radius 2 is 2.33 bits per heavy atom. The van der Waals surface area contributed by atoms with E-state index in [9.17, 15) is 0 Å². The van der Waals surface area contributed by atoms with Crippen LogP contribution in [0.1, 0.15) is 12.8 Å². The number of nitrogens with one attached hydrogen (secondary N) is 1. The molecule has 1 rings (SSSR count). The van der Waals surface area contributed by atoms with Crippen LogP contribution < -0.4 is 5.32 Å². The molecular formula is C6H14ClNO. The first-order valence-electron chi connectivity index (χ1n) is 3.25. The Hall–Kier alpha value is 0.210. The molecule has 0 bridgehead atoms. The van der Waals surface area contributed by atoms with Gasteiger partial charge in [-0.2, -0.15) is 0 Å². The maximum Gasteiger partial charge on any atom is 0.0471 e. The molecule has 3 heteroatoms. The molecule has 1 fully saturated rings. The highest BCUT2D eigenvalue weighted by Gasteiger charge is 2.09. The topological polar surface area (TPSA) is 32.3 Å². The van der Waals surface area contributed by atoms with Gasteiger partial charge in [-0.3, -0.25) is 0 Å². The summed E-state index contributed by atoms with van der Waals surface area (Å²) in [5.41, 5.74) is 0. The molecule has 0 unspecified atom stereocenters. The Morgan fingerprint density at radius 1 is 1.56 bits per heavy atom. The van der Waals surface area contributed by atoms with Crippen LogP contribution in [0.2, 0.25) is 0 Å². The van der Waals surface area contributed by atoms with Gasteiger partial charge in [0.1, 0.15) is 0 Å². The molecule has 2 nitrogen and oxygen atoms in total. The Bertz CT molecular complexity index is 64.1. The minimum absolute atomic E-state index is 0. The molecule has 0 radical (unpaired) electrons. The van der Waals surface area contributed by atoms with E-state index in [1.54, 1.807) is 0 Å². The van der Waals surface area contributed by atoms with E-state index in [1.165, 1.54) is 12.8 Å². The van der Waals surface area contributed by atoms with Gasteiger partial charge in [-0.1, -0.05) is 0 Å². The van der Waals surface area contributed by atoms with Gasteiger partial charge in [0, 0.05) is 13.2 Å². The average molecular weight is 152 g/mol. The lowest BCUT2D eigenvalue weighted by Gasteiger charge is -2.19. The molecule has 0 aromatic heterocycles. The third-order valence-electron chi connectivity index (χ3n) is 1.66. The minimum Gasteiger partial charge on any atom is -0.396 e. The quantitative estimate of drug-likeness (QED) is 0.569. The fourth-order valence-electron chi connectivity index (χ4n) is 1.08. The van der Waals surface area contributed by atoms with Crippen LogP contribution >= 0.6 is 12.4 Å². The Labute approximate surface area is 62.1 Å². The Morgan fingerprint density at radius 3 is 2.67 bits per heavy atom. The second kappa shape index (κ2) is 5.03. The normalized spacial score (nSPS) is 27.0. The summed E-state index contributed by atoms with van der Waals surface area (Å²) in [7, 11) is 0. The van der Waals surface area contributed by atoms with Gasteiger partial charge in [0.15, 0.2) is 0 Å². The third kappa shape index (κ3) is 3.04. The monoisotopic (exact) mass is 151 g/mol. The second-order valence-electron chi connectivity index (χ2n) is 2.39. The number of aliphatic hydroxyl groups is 1. The van der Waals surface area contributed by atoms with Crippen molar-refractivity contribution in [2.45, 2.75) is 12.8 Å². The van der Waals surface area contributed by atoms with Crippen molar-refractivity contribution in [2.75, 3.05) is 19.7 Å². The van der Waals surface area contributed by atoms with E-state index in [0.29, 0.717) is 12.5 Å². The highest BCUT2D eigenvalue weighted by atomic mass is 35.5. The summed E-state index contributed by atoms with van der Waals surface area (Å²) >= 11 is 0. The fourth-order valence-corrected chi connectivity index (χ4v) is 1.08. The summed E-state index contributed by atoms with van der Waals surface area (Å²) in [5.74, 6) is 0.531. The van der Waals surface area contributed by atoms with E-state index >= 15 is 0 Å². The maximum absolute atomic E-state index is 8.65. The standard InChI is InChI=1S/C6H13NO.ClH/c8-5-6-2-1-3-7-4-6;/h6-8H,1-5H2;1H/t6-;/m0./s1. The van der Waals surface area contributed by atoms with Crippen molar-refractivity contribution in [1.82, 2.24) is 5.32 Å². The van der Waals surface area contributed by atoms with Crippen LogP contribution in [0.5, 0.6) is 0 Å². The Balaban J connectivity index is 0.000000640. The van der Waals surface area contributed by atoms with E-state index in [-0.39, 0.29) is 12.4 Å². The maximum atomic E-state index is 8.65. The van der Waals surface area contributed by atoms with Gasteiger partial charge >= 0.3 is 0 Å². The number of piperidine rings is 1. The van der Waals surface area contributed by atoms with E-state index in [2.05, 4.69) is 5.32 Å². The van der Waals surface area contributed by atoms with Crippen LogP contribution in [0, 0.1) is 5.92 Å². The first-order chi connectivity index (χ1) is 3.93. The molecule has 1 heterocycles. The van der Waals surface area contributed by atoms with Crippen molar-refractivity contribution in [3.63, 3.8) is 0 Å². The van der Waals surface area contributed by atoms with Crippen molar-refractivity contribution in [1.29, 1.82) is 0 Å². The third-order valence-corrected chi connectivity index (χ3v) is 1.66. The largest absolute Gasteiger partial charge is 0.396 e. The predicted molar refractivity (Wildman–Crippen MR) is 39.9 cm³/mol. The summed E-state index contributed by atoms with van der Waals surface area (Å²) in [6, 6.07) is 0. The van der Waals surface area contributed by atoms with Crippen molar-refractivity contribution in [3.8, 4) is 0 Å². The number of aliphatic hydroxyl groups excluding tert-OH is 1. The highest BCUT2D eigenvalue weighted by molar-refractivity contribution is 5.85. The van der Waals surface area contributed by atoms with Crippen molar-refractivity contribution >= 4 is 12.4 Å². The van der Waals surface area contributed by atoms with Gasteiger partial charge in [0.05, 0.1) is 0 Å². The van der Waals surface area contributed by atoms with Crippen LogP contribution in [0.3, 0.4) is 0 Å². The zero-order chi connectivity index (χ0) is 5.82. The SMILES string of the molecule is Cl.OC[C@H]1CCCNC1. The van der Waals surface area contributed by atoms with Gasteiger partial charge in [-0.25, -0.2) is 0 Å². The van der Waals surface area contributed by atoms with Crippen molar-refractivity contribution in [3.05, 3.63) is 0 Å². The summed E-state index contributed by atoms with van der Waals surface area (Å²) in [6.07, 6.45) is 2.43. The first-order valence-corrected chi connectivity index (χ1v) is 3.25. The Kier molecular flexibility index (Phi) is 5.15. The van der Waals surface area contributed by atoms with E-state index < -0.39 is 0 Å². The molecule has 0 aromatic carbocycles. The molecule has 0 spiro atoms. The molecule has 0 amide bonds. The smallest absolute Gasteiger partial charge is 0.0471 e. The highest BCUT2D eigenvalue weighted by Crippen LogP contribution is 2.07. The summed E-state index contributed by atoms with van der Waals surface area (Å²) in [4.78, 5) is 0. The van der Waals surface area contributed by atoms with Crippen LogP contribution in [0.4, 0.5) is 0 Å². The van der Waals surface area contributed by atoms with Crippen molar-refractivity contribution in [2.24, 2.45) is 5.92 Å². The number of halogens is 1. The molecular weight excluding hydrogens is 138 g/mol.